The third-order valence-corrected chi connectivity index (χ3v) is 5.83. The Kier molecular flexibility index (Phi) is 6.48. The summed E-state index contributed by atoms with van der Waals surface area (Å²) in [4.78, 5) is 26.8. The van der Waals surface area contributed by atoms with Gasteiger partial charge in [-0.25, -0.2) is 0 Å². The number of carbonyl (C=O) groups is 2. The monoisotopic (exact) mass is 354 g/mol. The van der Waals surface area contributed by atoms with Crippen LogP contribution in [0.15, 0.2) is 36.4 Å². The first kappa shape index (κ1) is 18.7. The Bertz CT molecular complexity index is 633. The largest absolute Gasteiger partial charge is 0.353 e. The van der Waals surface area contributed by atoms with Crippen molar-refractivity contribution in [1.82, 2.24) is 10.2 Å². The highest BCUT2D eigenvalue weighted by atomic mass is 16.2. The number of hydrogen-bond acceptors (Lipinski definition) is 2. The topological polar surface area (TPSA) is 49.4 Å². The molecule has 0 bridgehead atoms. The van der Waals surface area contributed by atoms with Crippen LogP contribution >= 0.6 is 0 Å². The molecule has 26 heavy (non-hydrogen) atoms. The molecule has 2 atom stereocenters. The second-order valence-corrected chi connectivity index (χ2v) is 7.72. The van der Waals surface area contributed by atoms with E-state index in [4.69, 9.17) is 0 Å². The molecule has 4 nitrogen and oxygen atoms in total. The van der Waals surface area contributed by atoms with Crippen molar-refractivity contribution in [3.63, 3.8) is 0 Å². The molecular formula is C22H30N2O2. The molecule has 2 amide bonds. The van der Waals surface area contributed by atoms with Crippen LogP contribution in [0.1, 0.15) is 51.0 Å². The SMILES string of the molecule is CC1CCCCC1NC(=O)C1CCN(C(=O)/C=C/c2ccccc2)CC1. The molecule has 0 radical (unpaired) electrons. The molecule has 1 aliphatic heterocycles. The summed E-state index contributed by atoms with van der Waals surface area (Å²) < 4.78 is 0. The maximum absolute atomic E-state index is 12.6. The first-order chi connectivity index (χ1) is 12.6. The van der Waals surface area contributed by atoms with Crippen molar-refractivity contribution in [2.45, 2.75) is 51.5 Å². The number of nitrogens with one attached hydrogen (secondary N) is 1. The first-order valence-corrected chi connectivity index (χ1v) is 9.96. The van der Waals surface area contributed by atoms with Crippen LogP contribution in [-0.4, -0.2) is 35.8 Å². The van der Waals surface area contributed by atoms with E-state index >= 15 is 0 Å². The van der Waals surface area contributed by atoms with Crippen LogP contribution in [-0.2, 0) is 9.59 Å². The fourth-order valence-corrected chi connectivity index (χ4v) is 4.03. The second kappa shape index (κ2) is 9.02. The Morgan fingerprint density at radius 3 is 2.42 bits per heavy atom. The molecule has 1 aromatic carbocycles. The highest BCUT2D eigenvalue weighted by molar-refractivity contribution is 5.92. The van der Waals surface area contributed by atoms with Crippen LogP contribution < -0.4 is 5.32 Å². The molecule has 0 spiro atoms. The van der Waals surface area contributed by atoms with Crippen molar-refractivity contribution in [2.75, 3.05) is 13.1 Å². The minimum atomic E-state index is 0.0358. The number of amides is 2. The van der Waals surface area contributed by atoms with Crippen LogP contribution in [0.25, 0.3) is 6.08 Å². The molecule has 2 unspecified atom stereocenters. The molecule has 1 aromatic rings. The van der Waals surface area contributed by atoms with E-state index in [1.807, 2.05) is 41.3 Å². The van der Waals surface area contributed by atoms with Crippen LogP contribution in [0.5, 0.6) is 0 Å². The molecule has 3 rings (SSSR count). The van der Waals surface area contributed by atoms with Crippen LogP contribution in [0.4, 0.5) is 0 Å². The van der Waals surface area contributed by atoms with Gasteiger partial charge in [0.25, 0.3) is 0 Å². The van der Waals surface area contributed by atoms with Crippen molar-refractivity contribution in [2.24, 2.45) is 11.8 Å². The summed E-state index contributed by atoms with van der Waals surface area (Å²) in [6.07, 6.45) is 9.83. The van der Waals surface area contributed by atoms with Gasteiger partial charge in [0.15, 0.2) is 0 Å². The molecule has 1 saturated carbocycles. The van der Waals surface area contributed by atoms with E-state index in [0.717, 1.165) is 24.8 Å². The van der Waals surface area contributed by atoms with Crippen molar-refractivity contribution < 1.29 is 9.59 Å². The van der Waals surface area contributed by atoms with Gasteiger partial charge in [0.2, 0.25) is 11.8 Å². The highest BCUT2D eigenvalue weighted by Gasteiger charge is 2.29. The highest BCUT2D eigenvalue weighted by Crippen LogP contribution is 2.25. The summed E-state index contributed by atoms with van der Waals surface area (Å²) in [5, 5.41) is 3.27. The number of likely N-dealkylation sites (tertiary alicyclic amines) is 1. The van der Waals surface area contributed by atoms with E-state index in [9.17, 15) is 9.59 Å². The summed E-state index contributed by atoms with van der Waals surface area (Å²) in [5.41, 5.74) is 1.02. The van der Waals surface area contributed by atoms with E-state index in [1.165, 1.54) is 19.3 Å². The number of hydrogen-bond donors (Lipinski definition) is 1. The third kappa shape index (κ3) is 4.96. The fraction of sp³-hybridized carbons (Fsp3) is 0.545. The summed E-state index contributed by atoms with van der Waals surface area (Å²) in [7, 11) is 0. The van der Waals surface area contributed by atoms with Crippen molar-refractivity contribution in [3.05, 3.63) is 42.0 Å². The van der Waals surface area contributed by atoms with Gasteiger partial charge in [-0.2, -0.15) is 0 Å². The van der Waals surface area contributed by atoms with Gasteiger partial charge >= 0.3 is 0 Å². The first-order valence-electron chi connectivity index (χ1n) is 9.96. The summed E-state index contributed by atoms with van der Waals surface area (Å²) >= 11 is 0. The number of piperidine rings is 1. The van der Waals surface area contributed by atoms with Crippen LogP contribution in [0.2, 0.25) is 0 Å². The summed E-state index contributed by atoms with van der Waals surface area (Å²) in [6, 6.07) is 10.2. The molecule has 1 heterocycles. The zero-order chi connectivity index (χ0) is 18.4. The van der Waals surface area contributed by atoms with Gasteiger partial charge in [-0.3, -0.25) is 9.59 Å². The molecule has 4 heteroatoms. The van der Waals surface area contributed by atoms with Gasteiger partial charge < -0.3 is 10.2 Å². The Morgan fingerprint density at radius 1 is 1.04 bits per heavy atom. The van der Waals surface area contributed by atoms with Gasteiger partial charge in [0, 0.05) is 31.1 Å². The standard InChI is InChI=1S/C22H30N2O2/c1-17-7-5-6-10-20(17)23-22(26)19-13-15-24(16-14-19)21(25)12-11-18-8-3-2-4-9-18/h2-4,8-9,11-12,17,19-20H,5-7,10,13-16H2,1H3,(H,23,26)/b12-11+. The average molecular weight is 354 g/mol. The Hall–Kier alpha value is -2.10. The third-order valence-electron chi connectivity index (χ3n) is 5.83. The zero-order valence-electron chi connectivity index (χ0n) is 15.7. The van der Waals surface area contributed by atoms with Crippen molar-refractivity contribution >= 4 is 17.9 Å². The normalized spacial score (nSPS) is 24.6. The molecular weight excluding hydrogens is 324 g/mol. The van der Waals surface area contributed by atoms with Crippen LogP contribution in [0.3, 0.4) is 0 Å². The molecule has 1 aliphatic carbocycles. The van der Waals surface area contributed by atoms with Crippen molar-refractivity contribution in [1.29, 1.82) is 0 Å². The lowest BCUT2D eigenvalue weighted by Gasteiger charge is -2.34. The molecule has 1 saturated heterocycles. The van der Waals surface area contributed by atoms with Gasteiger partial charge in [-0.05, 0) is 43.2 Å². The van der Waals surface area contributed by atoms with E-state index in [1.54, 1.807) is 6.08 Å². The minimum absolute atomic E-state index is 0.0358. The lowest BCUT2D eigenvalue weighted by atomic mass is 9.85. The predicted octanol–water partition coefficient (Wildman–Crippen LogP) is 3.63. The molecule has 140 valence electrons. The molecule has 0 aromatic heterocycles. The van der Waals surface area contributed by atoms with Gasteiger partial charge in [0.05, 0.1) is 0 Å². The van der Waals surface area contributed by atoms with E-state index < -0.39 is 0 Å². The van der Waals surface area contributed by atoms with Crippen molar-refractivity contribution in [3.8, 4) is 0 Å². The summed E-state index contributed by atoms with van der Waals surface area (Å²) in [5.74, 6) is 0.855. The zero-order valence-corrected chi connectivity index (χ0v) is 15.7. The molecule has 1 N–H and O–H groups in total. The Labute approximate surface area is 156 Å². The van der Waals surface area contributed by atoms with Crippen LogP contribution in [0, 0.1) is 11.8 Å². The number of benzene rings is 1. The average Bonchev–Trinajstić information content (AvgIpc) is 2.69. The molecule has 2 aliphatic rings. The lowest BCUT2D eigenvalue weighted by molar-refractivity contribution is -0.132. The van der Waals surface area contributed by atoms with E-state index in [0.29, 0.717) is 25.0 Å². The van der Waals surface area contributed by atoms with E-state index in [-0.39, 0.29) is 17.7 Å². The Balaban J connectivity index is 1.45. The number of nitrogens with zero attached hydrogens (tertiary/aromatic N) is 1. The van der Waals surface area contributed by atoms with Gasteiger partial charge in [-0.1, -0.05) is 50.1 Å². The predicted molar refractivity (Wildman–Crippen MR) is 104 cm³/mol. The number of rotatable bonds is 4. The van der Waals surface area contributed by atoms with E-state index in [2.05, 4.69) is 12.2 Å². The lowest BCUT2D eigenvalue weighted by Crippen LogP contribution is -2.47. The van der Waals surface area contributed by atoms with Gasteiger partial charge in [0.1, 0.15) is 0 Å². The smallest absolute Gasteiger partial charge is 0.246 e. The minimum Gasteiger partial charge on any atom is -0.353 e. The second-order valence-electron chi connectivity index (χ2n) is 7.72. The van der Waals surface area contributed by atoms with Gasteiger partial charge in [-0.15, -0.1) is 0 Å². The summed E-state index contributed by atoms with van der Waals surface area (Å²) in [6.45, 7) is 3.57. The quantitative estimate of drug-likeness (QED) is 0.840. The fourth-order valence-electron chi connectivity index (χ4n) is 4.03. The molecule has 2 fully saturated rings. The number of carbonyl (C=O) groups excluding carboxylic acids is 2. The maximum atomic E-state index is 12.6. The Morgan fingerprint density at radius 2 is 1.73 bits per heavy atom. The maximum Gasteiger partial charge on any atom is 0.246 e.